The molecule has 0 aliphatic heterocycles. The van der Waals surface area contributed by atoms with Crippen LogP contribution in [-0.4, -0.2) is 36.1 Å². The molecular formula is C23H24FN3O5S. The van der Waals surface area contributed by atoms with Gasteiger partial charge in [-0.25, -0.2) is 9.18 Å². The Bertz CT molecular complexity index is 1310. The average molecular weight is 474 g/mol. The van der Waals surface area contributed by atoms with E-state index in [2.05, 4.69) is 4.99 Å². The van der Waals surface area contributed by atoms with Crippen molar-refractivity contribution in [3.63, 3.8) is 0 Å². The lowest BCUT2D eigenvalue weighted by molar-refractivity contribution is -0.150. The van der Waals surface area contributed by atoms with Gasteiger partial charge in [-0.15, -0.1) is 0 Å². The molecular weight excluding hydrogens is 449 g/mol. The van der Waals surface area contributed by atoms with Crippen LogP contribution in [0.1, 0.15) is 41.5 Å². The number of benzene rings is 2. The molecule has 10 heteroatoms. The summed E-state index contributed by atoms with van der Waals surface area (Å²) in [6.07, 6.45) is 0. The number of halogens is 1. The van der Waals surface area contributed by atoms with Gasteiger partial charge in [0.05, 0.1) is 40.4 Å². The van der Waals surface area contributed by atoms with Crippen LogP contribution in [0.15, 0.2) is 41.4 Å². The van der Waals surface area contributed by atoms with Gasteiger partial charge in [0.25, 0.3) is 5.91 Å². The summed E-state index contributed by atoms with van der Waals surface area (Å²) in [5, 5.41) is 0. The van der Waals surface area contributed by atoms with E-state index in [9.17, 15) is 18.8 Å². The molecule has 1 heterocycles. The van der Waals surface area contributed by atoms with E-state index >= 15 is 0 Å². The van der Waals surface area contributed by atoms with Crippen molar-refractivity contribution in [2.24, 2.45) is 16.1 Å². The van der Waals surface area contributed by atoms with Crippen LogP contribution in [-0.2, 0) is 16.1 Å². The number of para-hydroxylation sites is 1. The molecule has 0 saturated carbocycles. The summed E-state index contributed by atoms with van der Waals surface area (Å²) in [6.45, 7) is 5.94. The molecule has 0 aliphatic rings. The highest BCUT2D eigenvalue weighted by Gasteiger charge is 2.28. The molecule has 0 unspecified atom stereocenters. The maximum Gasteiger partial charge on any atom is 0.343 e. The summed E-state index contributed by atoms with van der Waals surface area (Å²) in [5.41, 5.74) is 5.44. The van der Waals surface area contributed by atoms with Crippen molar-refractivity contribution in [1.29, 1.82) is 0 Å². The first-order valence-corrected chi connectivity index (χ1v) is 10.9. The normalized spacial score (nSPS) is 12.1. The van der Waals surface area contributed by atoms with Crippen molar-refractivity contribution < 1.29 is 28.2 Å². The van der Waals surface area contributed by atoms with Gasteiger partial charge in [-0.3, -0.25) is 14.6 Å². The predicted molar refractivity (Wildman–Crippen MR) is 122 cm³/mol. The number of fused-ring (bicyclic) bond motifs is 1. The molecule has 1 amide bonds. The van der Waals surface area contributed by atoms with E-state index in [-0.39, 0.29) is 23.4 Å². The Morgan fingerprint density at radius 3 is 2.52 bits per heavy atom. The van der Waals surface area contributed by atoms with Gasteiger partial charge in [-0.2, -0.15) is 0 Å². The van der Waals surface area contributed by atoms with Crippen LogP contribution in [0, 0.1) is 11.2 Å². The Morgan fingerprint density at radius 1 is 1.21 bits per heavy atom. The quantitative estimate of drug-likeness (QED) is 0.418. The minimum absolute atomic E-state index is 0.0468. The Labute approximate surface area is 193 Å². The third-order valence-electron chi connectivity index (χ3n) is 4.98. The van der Waals surface area contributed by atoms with Gasteiger partial charge in [0.2, 0.25) is 0 Å². The van der Waals surface area contributed by atoms with Crippen LogP contribution in [0.25, 0.3) is 10.2 Å². The number of hydrogen-bond acceptors (Lipinski definition) is 7. The largest absolute Gasteiger partial charge is 0.469 e. The van der Waals surface area contributed by atoms with Crippen LogP contribution < -0.4 is 15.3 Å². The molecule has 0 aliphatic carbocycles. The number of ether oxygens (including phenoxy) is 2. The zero-order chi connectivity index (χ0) is 24.3. The fourth-order valence-corrected chi connectivity index (χ4v) is 4.38. The van der Waals surface area contributed by atoms with Crippen LogP contribution in [0.2, 0.25) is 0 Å². The molecule has 0 spiro atoms. The van der Waals surface area contributed by atoms with Crippen molar-refractivity contribution in [3.8, 4) is 5.75 Å². The number of methoxy groups -OCH3 is 1. The number of amides is 1. The smallest absolute Gasteiger partial charge is 0.343 e. The zero-order valence-electron chi connectivity index (χ0n) is 18.7. The SMILES string of the molecule is CCn1/c(=N/CC(C)(C)C(=O)OC)sc2cc(C(=O)Oc3ccccc3F)cc(C(N)=O)c21. The molecule has 0 fully saturated rings. The fraction of sp³-hybridized carbons (Fsp3) is 0.304. The van der Waals surface area contributed by atoms with Crippen molar-refractivity contribution >= 4 is 39.4 Å². The molecule has 0 atom stereocenters. The summed E-state index contributed by atoms with van der Waals surface area (Å²) in [5.74, 6) is -2.87. The maximum absolute atomic E-state index is 13.9. The molecule has 2 aromatic carbocycles. The minimum Gasteiger partial charge on any atom is -0.469 e. The third kappa shape index (κ3) is 4.95. The number of aryl methyl sites for hydroxylation is 1. The summed E-state index contributed by atoms with van der Waals surface area (Å²) in [7, 11) is 1.32. The first-order valence-electron chi connectivity index (χ1n) is 10.1. The summed E-state index contributed by atoms with van der Waals surface area (Å²) < 4.78 is 26.3. The van der Waals surface area contributed by atoms with Crippen LogP contribution in [0.4, 0.5) is 4.39 Å². The number of aromatic nitrogens is 1. The molecule has 0 radical (unpaired) electrons. The molecule has 0 saturated heterocycles. The van der Waals surface area contributed by atoms with Crippen molar-refractivity contribution in [2.75, 3.05) is 13.7 Å². The zero-order valence-corrected chi connectivity index (χ0v) is 19.5. The fourth-order valence-electron chi connectivity index (χ4n) is 3.22. The number of primary amides is 1. The van der Waals surface area contributed by atoms with E-state index in [0.717, 1.165) is 0 Å². The van der Waals surface area contributed by atoms with Crippen molar-refractivity contribution in [3.05, 3.63) is 58.1 Å². The first kappa shape index (κ1) is 24.1. The maximum atomic E-state index is 13.9. The molecule has 3 rings (SSSR count). The lowest BCUT2D eigenvalue weighted by Crippen LogP contribution is -2.30. The predicted octanol–water partition coefficient (Wildman–Crippen LogP) is 3.28. The number of esters is 2. The Hall–Kier alpha value is -3.53. The molecule has 33 heavy (non-hydrogen) atoms. The van der Waals surface area contributed by atoms with Gasteiger partial charge in [0, 0.05) is 6.54 Å². The van der Waals surface area contributed by atoms with Crippen molar-refractivity contribution in [2.45, 2.75) is 27.3 Å². The lowest BCUT2D eigenvalue weighted by atomic mass is 9.94. The number of thiazole rings is 1. The first-order chi connectivity index (χ1) is 15.6. The second kappa shape index (κ2) is 9.53. The number of carbonyl (C=O) groups excluding carboxylic acids is 3. The monoisotopic (exact) mass is 473 g/mol. The average Bonchev–Trinajstić information content (AvgIpc) is 3.15. The van der Waals surface area contributed by atoms with Crippen molar-refractivity contribution in [1.82, 2.24) is 4.57 Å². The van der Waals surface area contributed by atoms with E-state index in [0.29, 0.717) is 21.6 Å². The lowest BCUT2D eigenvalue weighted by Gasteiger charge is -2.18. The van der Waals surface area contributed by atoms with Gasteiger partial charge in [0.15, 0.2) is 16.4 Å². The van der Waals surface area contributed by atoms with Gasteiger partial charge in [0.1, 0.15) is 0 Å². The van der Waals surface area contributed by atoms with Gasteiger partial charge >= 0.3 is 11.9 Å². The molecule has 1 aromatic heterocycles. The summed E-state index contributed by atoms with van der Waals surface area (Å²) >= 11 is 1.24. The summed E-state index contributed by atoms with van der Waals surface area (Å²) in [6, 6.07) is 8.40. The summed E-state index contributed by atoms with van der Waals surface area (Å²) in [4.78, 5) is 42.0. The molecule has 3 aromatic rings. The number of carbonyl (C=O) groups is 3. The van der Waals surface area contributed by atoms with Gasteiger partial charge < -0.3 is 19.8 Å². The Kier molecular flexibility index (Phi) is 6.97. The number of nitrogens with zero attached hydrogens (tertiary/aromatic N) is 2. The third-order valence-corrected chi connectivity index (χ3v) is 6.04. The Morgan fingerprint density at radius 2 is 1.91 bits per heavy atom. The molecule has 174 valence electrons. The number of rotatable bonds is 7. The standard InChI is InChI=1S/C23H24FN3O5S/c1-5-27-18-14(19(25)28)10-13(20(29)32-16-9-7-6-8-15(16)24)11-17(18)33-22(27)26-12-23(2,3)21(30)31-4/h6-11H,5,12H2,1-4H3,(H2,25,28)/b26-22-. The van der Waals surface area contributed by atoms with Crippen LogP contribution >= 0.6 is 11.3 Å². The second-order valence-corrected chi connectivity index (χ2v) is 8.88. The number of nitrogens with two attached hydrogens (primary N) is 1. The van der Waals surface area contributed by atoms with E-state index in [1.807, 2.05) is 6.92 Å². The Balaban J connectivity index is 2.11. The highest BCUT2D eigenvalue weighted by molar-refractivity contribution is 7.16. The topological polar surface area (TPSA) is 113 Å². The second-order valence-electron chi connectivity index (χ2n) is 7.88. The van der Waals surface area contributed by atoms with Crippen LogP contribution in [0.5, 0.6) is 5.75 Å². The highest BCUT2D eigenvalue weighted by Crippen LogP contribution is 2.26. The molecule has 2 N–H and O–H groups in total. The molecule has 8 nitrogen and oxygen atoms in total. The van der Waals surface area contributed by atoms with E-state index in [1.165, 1.54) is 48.8 Å². The minimum atomic E-state index is -0.849. The van der Waals surface area contributed by atoms with Gasteiger partial charge in [-0.05, 0) is 45.0 Å². The van der Waals surface area contributed by atoms with E-state index in [4.69, 9.17) is 15.2 Å². The van der Waals surface area contributed by atoms with Crippen LogP contribution in [0.3, 0.4) is 0 Å². The molecule has 0 bridgehead atoms. The van der Waals surface area contributed by atoms with E-state index < -0.39 is 29.1 Å². The van der Waals surface area contributed by atoms with Gasteiger partial charge in [-0.1, -0.05) is 23.5 Å². The highest BCUT2D eigenvalue weighted by atomic mass is 32.1. The number of hydrogen-bond donors (Lipinski definition) is 1. The van der Waals surface area contributed by atoms with E-state index in [1.54, 1.807) is 24.5 Å².